The summed E-state index contributed by atoms with van der Waals surface area (Å²) >= 11 is 0. The summed E-state index contributed by atoms with van der Waals surface area (Å²) in [5.74, 6) is 0.425. The van der Waals surface area contributed by atoms with Crippen LogP contribution < -0.4 is 15.0 Å². The van der Waals surface area contributed by atoms with Gasteiger partial charge in [0.15, 0.2) is 5.78 Å². The molecule has 34 heavy (non-hydrogen) atoms. The van der Waals surface area contributed by atoms with Crippen molar-refractivity contribution in [1.29, 1.82) is 0 Å². The Hall–Kier alpha value is -4.13. The summed E-state index contributed by atoms with van der Waals surface area (Å²) in [6.45, 7) is 2.86. The number of ketones is 1. The number of aliphatic carboxylic acids is 1. The molecule has 0 bridgehead atoms. The molecular weight excluding hydrogens is 430 g/mol. The molecule has 7 nitrogen and oxygen atoms in total. The lowest BCUT2D eigenvalue weighted by atomic mass is 10.1. The molecule has 0 spiro atoms. The number of carbonyl (C=O) groups excluding carboxylic acids is 1. The van der Waals surface area contributed by atoms with Gasteiger partial charge >= 0.3 is 5.97 Å². The molecule has 0 aliphatic rings. The number of ether oxygens (including phenoxy) is 1. The molecule has 3 aromatic rings. The fourth-order valence-electron chi connectivity index (χ4n) is 3.35. The van der Waals surface area contributed by atoms with Crippen molar-refractivity contribution in [2.24, 2.45) is 0 Å². The standard InChI is InChI=1S/C27H29N3O4/c1-20(18-25(31)22-8-4-3-5-9-22)29-24(27(32)33)19-21-11-13-23(14-12-21)34-17-16-30(2)26-10-6-7-15-28-26/h3-15,18,24,29H,16-17,19H2,1-2H3,(H,32,33)/t24-/m0/s1. The highest BCUT2D eigenvalue weighted by Gasteiger charge is 2.18. The number of likely N-dealkylation sites (N-methyl/N-ethyl adjacent to an activating group) is 1. The molecule has 1 heterocycles. The van der Waals surface area contributed by atoms with Crippen LogP contribution in [0.25, 0.3) is 0 Å². The van der Waals surface area contributed by atoms with Crippen LogP contribution in [0.4, 0.5) is 5.82 Å². The van der Waals surface area contributed by atoms with Crippen LogP contribution in [0.1, 0.15) is 22.8 Å². The first kappa shape index (κ1) is 24.5. The van der Waals surface area contributed by atoms with Gasteiger partial charge in [-0.2, -0.15) is 0 Å². The van der Waals surface area contributed by atoms with Crippen molar-refractivity contribution in [3.63, 3.8) is 0 Å². The van der Waals surface area contributed by atoms with Gasteiger partial charge in [0, 0.05) is 37.0 Å². The van der Waals surface area contributed by atoms with Gasteiger partial charge in [-0.05, 0) is 36.8 Å². The Morgan fingerprint density at radius 1 is 1.06 bits per heavy atom. The second-order valence-corrected chi connectivity index (χ2v) is 7.90. The highest BCUT2D eigenvalue weighted by molar-refractivity contribution is 6.04. The monoisotopic (exact) mass is 459 g/mol. The second kappa shape index (κ2) is 12.2. The van der Waals surface area contributed by atoms with E-state index in [-0.39, 0.29) is 12.2 Å². The van der Waals surface area contributed by atoms with Crippen LogP contribution in [0.2, 0.25) is 0 Å². The van der Waals surface area contributed by atoms with Gasteiger partial charge in [0.2, 0.25) is 0 Å². The van der Waals surface area contributed by atoms with E-state index in [2.05, 4.69) is 10.3 Å². The van der Waals surface area contributed by atoms with E-state index in [1.54, 1.807) is 37.4 Å². The maximum Gasteiger partial charge on any atom is 0.326 e. The molecule has 0 radical (unpaired) electrons. The van der Waals surface area contributed by atoms with Gasteiger partial charge in [-0.15, -0.1) is 0 Å². The van der Waals surface area contributed by atoms with Gasteiger partial charge in [0.25, 0.3) is 0 Å². The lowest BCUT2D eigenvalue weighted by Crippen LogP contribution is -2.37. The molecule has 2 aromatic carbocycles. The predicted octanol–water partition coefficient (Wildman–Crippen LogP) is 3.97. The van der Waals surface area contributed by atoms with Crippen molar-refractivity contribution in [3.8, 4) is 5.75 Å². The van der Waals surface area contributed by atoms with Crippen LogP contribution in [0.5, 0.6) is 5.75 Å². The summed E-state index contributed by atoms with van der Waals surface area (Å²) in [7, 11) is 1.96. The number of nitrogens with zero attached hydrogens (tertiary/aromatic N) is 2. The molecule has 176 valence electrons. The third-order valence-corrected chi connectivity index (χ3v) is 5.20. The molecule has 2 N–H and O–H groups in total. The Kier molecular flexibility index (Phi) is 8.80. The fraction of sp³-hybridized carbons (Fsp3) is 0.222. The summed E-state index contributed by atoms with van der Waals surface area (Å²) in [5.41, 5.74) is 1.90. The molecule has 0 saturated heterocycles. The van der Waals surface area contributed by atoms with Crippen LogP contribution in [-0.4, -0.2) is 48.1 Å². The number of carboxylic acid groups (broad SMARTS) is 1. The van der Waals surface area contributed by atoms with Crippen LogP contribution >= 0.6 is 0 Å². The van der Waals surface area contributed by atoms with E-state index in [1.165, 1.54) is 6.08 Å². The summed E-state index contributed by atoms with van der Waals surface area (Å²) in [5, 5.41) is 12.6. The van der Waals surface area contributed by atoms with Gasteiger partial charge in [0.1, 0.15) is 24.2 Å². The number of benzene rings is 2. The third kappa shape index (κ3) is 7.48. The number of carbonyl (C=O) groups is 2. The van der Waals surface area contributed by atoms with E-state index in [1.807, 2.05) is 60.5 Å². The maximum atomic E-state index is 12.3. The van der Waals surface area contributed by atoms with Crippen LogP contribution in [0.3, 0.4) is 0 Å². The quantitative estimate of drug-likeness (QED) is 0.313. The zero-order chi connectivity index (χ0) is 24.3. The van der Waals surface area contributed by atoms with Gasteiger partial charge in [0.05, 0.1) is 6.54 Å². The van der Waals surface area contributed by atoms with Gasteiger partial charge < -0.3 is 20.1 Å². The van der Waals surface area contributed by atoms with E-state index in [0.29, 0.717) is 30.2 Å². The molecule has 0 aliphatic heterocycles. The average molecular weight is 460 g/mol. The Labute approximate surface area is 199 Å². The number of anilines is 1. The SMILES string of the molecule is CC(=CC(=O)c1ccccc1)N[C@@H](Cc1ccc(OCCN(C)c2ccccn2)cc1)C(=O)O. The predicted molar refractivity (Wildman–Crippen MR) is 132 cm³/mol. The van der Waals surface area contributed by atoms with Crippen LogP contribution in [-0.2, 0) is 11.2 Å². The van der Waals surface area contributed by atoms with Crippen LogP contribution in [0.15, 0.2) is 90.8 Å². The van der Waals surface area contributed by atoms with Crippen molar-refractivity contribution in [2.75, 3.05) is 25.1 Å². The molecule has 0 fully saturated rings. The molecule has 0 saturated carbocycles. The Morgan fingerprint density at radius 3 is 2.41 bits per heavy atom. The number of rotatable bonds is 12. The fourth-order valence-corrected chi connectivity index (χ4v) is 3.35. The minimum absolute atomic E-state index is 0.176. The first-order valence-corrected chi connectivity index (χ1v) is 11.0. The molecule has 1 aromatic heterocycles. The van der Waals surface area contributed by atoms with Crippen molar-refractivity contribution >= 4 is 17.6 Å². The number of hydrogen-bond acceptors (Lipinski definition) is 6. The van der Waals surface area contributed by atoms with Crippen molar-refractivity contribution < 1.29 is 19.4 Å². The minimum Gasteiger partial charge on any atom is -0.492 e. The van der Waals surface area contributed by atoms with E-state index in [4.69, 9.17) is 4.74 Å². The molecule has 1 atom stereocenters. The Balaban J connectivity index is 1.52. The smallest absolute Gasteiger partial charge is 0.326 e. The number of aromatic nitrogens is 1. The Morgan fingerprint density at radius 2 is 1.76 bits per heavy atom. The van der Waals surface area contributed by atoms with Gasteiger partial charge in [-0.1, -0.05) is 48.5 Å². The van der Waals surface area contributed by atoms with E-state index >= 15 is 0 Å². The second-order valence-electron chi connectivity index (χ2n) is 7.90. The number of pyridine rings is 1. The first-order valence-electron chi connectivity index (χ1n) is 11.0. The van der Waals surface area contributed by atoms with Gasteiger partial charge in [-0.3, -0.25) is 4.79 Å². The van der Waals surface area contributed by atoms with E-state index in [9.17, 15) is 14.7 Å². The molecule has 0 aliphatic carbocycles. The number of nitrogens with one attached hydrogen (secondary N) is 1. The maximum absolute atomic E-state index is 12.3. The summed E-state index contributed by atoms with van der Waals surface area (Å²) in [4.78, 5) is 30.4. The van der Waals surface area contributed by atoms with Crippen molar-refractivity contribution in [1.82, 2.24) is 10.3 Å². The normalized spacial score (nSPS) is 12.0. The lowest BCUT2D eigenvalue weighted by Gasteiger charge is -2.18. The number of allylic oxidation sites excluding steroid dienone is 2. The van der Waals surface area contributed by atoms with Crippen molar-refractivity contribution in [3.05, 3.63) is 102 Å². The zero-order valence-corrected chi connectivity index (χ0v) is 19.3. The average Bonchev–Trinajstić information content (AvgIpc) is 2.85. The Bertz CT molecular complexity index is 1100. The topological polar surface area (TPSA) is 91.8 Å². The number of hydrogen-bond donors (Lipinski definition) is 2. The first-order chi connectivity index (χ1) is 16.4. The molecule has 7 heteroatoms. The number of carboxylic acids is 1. The highest BCUT2D eigenvalue weighted by atomic mass is 16.5. The summed E-state index contributed by atoms with van der Waals surface area (Å²) < 4.78 is 5.81. The minimum atomic E-state index is -0.988. The van der Waals surface area contributed by atoms with Crippen molar-refractivity contribution in [2.45, 2.75) is 19.4 Å². The molecule has 3 rings (SSSR count). The van der Waals surface area contributed by atoms with E-state index < -0.39 is 12.0 Å². The van der Waals surface area contributed by atoms with Gasteiger partial charge in [-0.25, -0.2) is 9.78 Å². The van der Waals surface area contributed by atoms with E-state index in [0.717, 1.165) is 11.4 Å². The molecular formula is C27H29N3O4. The largest absolute Gasteiger partial charge is 0.492 e. The summed E-state index contributed by atoms with van der Waals surface area (Å²) in [6.07, 6.45) is 3.44. The van der Waals surface area contributed by atoms with Crippen LogP contribution in [0, 0.1) is 0 Å². The highest BCUT2D eigenvalue weighted by Crippen LogP contribution is 2.15. The zero-order valence-electron chi connectivity index (χ0n) is 19.3. The lowest BCUT2D eigenvalue weighted by molar-refractivity contribution is -0.139. The molecule has 0 unspecified atom stereocenters. The molecule has 0 amide bonds. The summed E-state index contributed by atoms with van der Waals surface area (Å²) in [6, 6.07) is 21.1. The third-order valence-electron chi connectivity index (χ3n) is 5.20.